The third-order valence-electron chi connectivity index (χ3n) is 9.91. The van der Waals surface area contributed by atoms with Gasteiger partial charge in [0.15, 0.2) is 5.82 Å². The van der Waals surface area contributed by atoms with Crippen LogP contribution in [0.2, 0.25) is 0 Å². The molecule has 0 bridgehead atoms. The number of nitrogens with zero attached hydrogens (tertiary/aromatic N) is 2. The molecule has 0 saturated carbocycles. The van der Waals surface area contributed by atoms with Gasteiger partial charge in [-0.1, -0.05) is 170 Å². The summed E-state index contributed by atoms with van der Waals surface area (Å²) in [5, 5.41) is 6.99. The fourth-order valence-corrected chi connectivity index (χ4v) is 7.31. The fourth-order valence-electron chi connectivity index (χ4n) is 7.31. The summed E-state index contributed by atoms with van der Waals surface area (Å²) in [6, 6.07) is 63.7. The van der Waals surface area contributed by atoms with Crippen molar-refractivity contribution < 1.29 is 4.42 Å². The first-order valence-corrected chi connectivity index (χ1v) is 17.2. The van der Waals surface area contributed by atoms with Gasteiger partial charge >= 0.3 is 0 Å². The quantitative estimate of drug-likeness (QED) is 0.174. The second-order valence-electron chi connectivity index (χ2n) is 13.0. The molecule has 0 saturated heterocycles. The van der Waals surface area contributed by atoms with Crippen LogP contribution in [0.25, 0.3) is 99.6 Å². The molecule has 10 aromatic rings. The second kappa shape index (κ2) is 11.9. The van der Waals surface area contributed by atoms with Gasteiger partial charge in [-0.2, -0.15) is 0 Å². The van der Waals surface area contributed by atoms with Crippen LogP contribution in [-0.2, 0) is 0 Å². The lowest BCUT2D eigenvalue weighted by molar-refractivity contribution is 0.674. The average molecular weight is 651 g/mol. The van der Waals surface area contributed by atoms with Crippen LogP contribution in [0.5, 0.6) is 0 Å². The van der Waals surface area contributed by atoms with E-state index in [1.807, 2.05) is 24.3 Å². The van der Waals surface area contributed by atoms with Gasteiger partial charge in [-0.25, -0.2) is 9.97 Å². The van der Waals surface area contributed by atoms with Crippen LogP contribution < -0.4 is 0 Å². The molecule has 0 atom stereocenters. The summed E-state index contributed by atoms with van der Waals surface area (Å²) in [6.07, 6.45) is 0. The Labute approximate surface area is 295 Å². The zero-order chi connectivity index (χ0) is 33.7. The zero-order valence-corrected chi connectivity index (χ0v) is 27.6. The van der Waals surface area contributed by atoms with Gasteiger partial charge in [-0.05, 0) is 45.0 Å². The van der Waals surface area contributed by atoms with E-state index in [9.17, 15) is 0 Å². The molecule has 0 aliphatic rings. The number of fused-ring (bicyclic) bond motifs is 7. The molecule has 0 fully saturated rings. The minimum absolute atomic E-state index is 0.685. The van der Waals surface area contributed by atoms with E-state index in [0.717, 1.165) is 66.5 Å². The Hall–Kier alpha value is -6.84. The molecule has 3 nitrogen and oxygen atoms in total. The van der Waals surface area contributed by atoms with Gasteiger partial charge < -0.3 is 4.42 Å². The van der Waals surface area contributed by atoms with Gasteiger partial charge in [0.05, 0.1) is 11.4 Å². The zero-order valence-electron chi connectivity index (χ0n) is 27.6. The van der Waals surface area contributed by atoms with Gasteiger partial charge in [0.25, 0.3) is 0 Å². The molecule has 8 aromatic carbocycles. The van der Waals surface area contributed by atoms with Crippen molar-refractivity contribution in [2.24, 2.45) is 0 Å². The number of hydrogen-bond donors (Lipinski definition) is 0. The maximum atomic E-state index is 6.82. The highest BCUT2D eigenvalue weighted by Crippen LogP contribution is 2.41. The molecular formula is C48H30N2O. The predicted molar refractivity (Wildman–Crippen MR) is 212 cm³/mol. The van der Waals surface area contributed by atoms with Crippen molar-refractivity contribution in [1.29, 1.82) is 0 Å². The van der Waals surface area contributed by atoms with E-state index in [-0.39, 0.29) is 0 Å². The molecule has 0 aliphatic heterocycles. The number of rotatable bonds is 5. The summed E-state index contributed by atoms with van der Waals surface area (Å²) >= 11 is 0. The van der Waals surface area contributed by atoms with Gasteiger partial charge in [0.1, 0.15) is 11.2 Å². The standard InChI is InChI=1S/C48H30N2O/c1-3-10-31(11-4-1)32-18-23-36(24-19-32)44-30-43(35-13-5-2-6-14-35)49-48(50-44)38-26-21-34(22-27-38)40-16-9-17-41-42-29-28-37-25-20-33-12-7-8-15-39(33)45(37)47(42)51-46(40)41/h1-30H. The normalized spacial score (nSPS) is 11.5. The van der Waals surface area contributed by atoms with Gasteiger partial charge in [0, 0.05) is 38.4 Å². The average Bonchev–Trinajstić information content (AvgIpc) is 3.60. The molecule has 0 N–H and O–H groups in total. The van der Waals surface area contributed by atoms with Crippen molar-refractivity contribution in [2.75, 3.05) is 0 Å². The van der Waals surface area contributed by atoms with Crippen molar-refractivity contribution in [2.45, 2.75) is 0 Å². The molecule has 0 aliphatic carbocycles. The lowest BCUT2D eigenvalue weighted by Crippen LogP contribution is -1.96. The van der Waals surface area contributed by atoms with Crippen LogP contribution in [-0.4, -0.2) is 9.97 Å². The predicted octanol–water partition coefficient (Wildman–Crippen LogP) is 13.0. The Morgan fingerprint density at radius 3 is 1.63 bits per heavy atom. The molecule has 51 heavy (non-hydrogen) atoms. The van der Waals surface area contributed by atoms with Crippen molar-refractivity contribution in [1.82, 2.24) is 9.97 Å². The van der Waals surface area contributed by atoms with Crippen LogP contribution in [0.1, 0.15) is 0 Å². The summed E-state index contributed by atoms with van der Waals surface area (Å²) in [7, 11) is 0. The lowest BCUT2D eigenvalue weighted by atomic mass is 9.98. The summed E-state index contributed by atoms with van der Waals surface area (Å²) in [4.78, 5) is 10.2. The first kappa shape index (κ1) is 29.1. The van der Waals surface area contributed by atoms with E-state index in [1.54, 1.807) is 0 Å². The first-order chi connectivity index (χ1) is 25.3. The number of aromatic nitrogens is 2. The third-order valence-corrected chi connectivity index (χ3v) is 9.91. The number of benzene rings is 8. The topological polar surface area (TPSA) is 38.9 Å². The van der Waals surface area contributed by atoms with E-state index in [0.29, 0.717) is 5.82 Å². The van der Waals surface area contributed by atoms with Crippen molar-refractivity contribution in [3.05, 3.63) is 182 Å². The first-order valence-electron chi connectivity index (χ1n) is 17.2. The molecule has 2 heterocycles. The molecule has 0 radical (unpaired) electrons. The van der Waals surface area contributed by atoms with Crippen LogP contribution in [0.3, 0.4) is 0 Å². The highest BCUT2D eigenvalue weighted by Gasteiger charge is 2.17. The monoisotopic (exact) mass is 650 g/mol. The Morgan fingerprint density at radius 2 is 0.863 bits per heavy atom. The SMILES string of the molecule is c1ccc(-c2ccc(-c3cc(-c4ccccc4)nc(-c4ccc(-c5cccc6c5oc5c6ccc6ccc7ccccc7c65)cc4)n3)cc2)cc1. The number of furan rings is 1. The summed E-state index contributed by atoms with van der Waals surface area (Å²) < 4.78 is 6.82. The van der Waals surface area contributed by atoms with Crippen molar-refractivity contribution >= 4 is 43.5 Å². The number of hydrogen-bond acceptors (Lipinski definition) is 3. The van der Waals surface area contributed by atoms with Crippen LogP contribution in [0.4, 0.5) is 0 Å². The summed E-state index contributed by atoms with van der Waals surface area (Å²) in [5.41, 5.74) is 11.1. The fraction of sp³-hybridized carbons (Fsp3) is 0. The molecule has 2 aromatic heterocycles. The third kappa shape index (κ3) is 5.06. The maximum absolute atomic E-state index is 6.82. The van der Waals surface area contributed by atoms with Crippen molar-refractivity contribution in [3.8, 4) is 56.2 Å². The minimum atomic E-state index is 0.685. The molecular weight excluding hydrogens is 621 g/mol. The molecule has 10 rings (SSSR count). The van der Waals surface area contributed by atoms with E-state index < -0.39 is 0 Å². The summed E-state index contributed by atoms with van der Waals surface area (Å²) in [6.45, 7) is 0. The molecule has 238 valence electrons. The van der Waals surface area contributed by atoms with Crippen molar-refractivity contribution in [3.63, 3.8) is 0 Å². The number of para-hydroxylation sites is 1. The van der Waals surface area contributed by atoms with E-state index in [4.69, 9.17) is 14.4 Å². The highest BCUT2D eigenvalue weighted by molar-refractivity contribution is 6.23. The van der Waals surface area contributed by atoms with E-state index in [2.05, 4.69) is 158 Å². The Balaban J connectivity index is 1.07. The second-order valence-corrected chi connectivity index (χ2v) is 13.0. The Kier molecular flexibility index (Phi) is 6.81. The molecule has 0 spiro atoms. The van der Waals surface area contributed by atoms with Crippen LogP contribution >= 0.6 is 0 Å². The van der Waals surface area contributed by atoms with Gasteiger partial charge in [-0.15, -0.1) is 0 Å². The van der Waals surface area contributed by atoms with Crippen LogP contribution in [0.15, 0.2) is 186 Å². The van der Waals surface area contributed by atoms with Gasteiger partial charge in [0.2, 0.25) is 0 Å². The summed E-state index contributed by atoms with van der Waals surface area (Å²) in [5.74, 6) is 0.685. The van der Waals surface area contributed by atoms with E-state index in [1.165, 1.54) is 27.3 Å². The minimum Gasteiger partial charge on any atom is -0.455 e. The Morgan fingerprint density at radius 1 is 0.333 bits per heavy atom. The molecule has 3 heteroatoms. The van der Waals surface area contributed by atoms with E-state index >= 15 is 0 Å². The van der Waals surface area contributed by atoms with Gasteiger partial charge in [-0.3, -0.25) is 0 Å². The molecule has 0 amide bonds. The highest BCUT2D eigenvalue weighted by atomic mass is 16.3. The maximum Gasteiger partial charge on any atom is 0.160 e. The smallest absolute Gasteiger partial charge is 0.160 e. The Bertz CT molecular complexity index is 2870. The van der Waals surface area contributed by atoms with Crippen LogP contribution in [0, 0.1) is 0 Å². The molecule has 0 unspecified atom stereocenters. The largest absolute Gasteiger partial charge is 0.455 e. The lowest BCUT2D eigenvalue weighted by Gasteiger charge is -2.11.